The number of hydrogen-bond donors (Lipinski definition) is 3. The van der Waals surface area contributed by atoms with E-state index in [9.17, 15) is 9.59 Å². The maximum atomic E-state index is 12.4. The predicted molar refractivity (Wildman–Crippen MR) is 95.5 cm³/mol. The molecule has 0 aliphatic heterocycles. The van der Waals surface area contributed by atoms with E-state index >= 15 is 0 Å². The molecule has 2 aromatic carbocycles. The fourth-order valence-electron chi connectivity index (χ4n) is 2.67. The average molecular weight is 344 g/mol. The Morgan fingerprint density at radius 1 is 1.04 bits per heavy atom. The van der Waals surface area contributed by atoms with Gasteiger partial charge >= 0.3 is 6.03 Å². The smallest absolute Gasteiger partial charge is 0.318 e. The number of carbonyl (C=O) groups excluding carboxylic acids is 2. The quantitative estimate of drug-likeness (QED) is 0.789. The normalized spacial score (nSPS) is 18.6. The number of anilines is 2. The molecule has 0 heterocycles. The van der Waals surface area contributed by atoms with Gasteiger partial charge in [0.15, 0.2) is 0 Å². The zero-order chi connectivity index (χ0) is 17.1. The third-order valence-electron chi connectivity index (χ3n) is 4.04. The monoisotopic (exact) mass is 343 g/mol. The first-order valence-corrected chi connectivity index (χ1v) is 8.10. The van der Waals surface area contributed by atoms with E-state index < -0.39 is 0 Å². The van der Waals surface area contributed by atoms with Crippen LogP contribution in [0.3, 0.4) is 0 Å². The Hall–Kier alpha value is -2.53. The lowest BCUT2D eigenvalue weighted by atomic mass is 10.1. The molecule has 0 saturated heterocycles. The van der Waals surface area contributed by atoms with Gasteiger partial charge in [-0.25, -0.2) is 4.79 Å². The molecule has 1 saturated carbocycles. The highest BCUT2D eigenvalue weighted by atomic mass is 35.5. The highest BCUT2D eigenvalue weighted by Gasteiger charge is 2.43. The molecule has 124 valence electrons. The topological polar surface area (TPSA) is 70.2 Å². The van der Waals surface area contributed by atoms with Crippen molar-refractivity contribution in [1.29, 1.82) is 0 Å². The van der Waals surface area contributed by atoms with E-state index in [0.29, 0.717) is 16.4 Å². The second-order valence-corrected chi connectivity index (χ2v) is 6.21. The summed E-state index contributed by atoms with van der Waals surface area (Å²) in [5, 5.41) is 8.76. The van der Waals surface area contributed by atoms with Gasteiger partial charge < -0.3 is 16.0 Å². The Morgan fingerprint density at radius 2 is 1.71 bits per heavy atom. The highest BCUT2D eigenvalue weighted by Crippen LogP contribution is 2.48. The summed E-state index contributed by atoms with van der Waals surface area (Å²) in [7, 11) is 1.55. The van der Waals surface area contributed by atoms with Crippen LogP contribution in [0.15, 0.2) is 48.5 Å². The van der Waals surface area contributed by atoms with Crippen molar-refractivity contribution in [2.24, 2.45) is 5.92 Å². The van der Waals surface area contributed by atoms with Crippen molar-refractivity contribution < 1.29 is 9.59 Å². The van der Waals surface area contributed by atoms with E-state index in [-0.39, 0.29) is 23.8 Å². The lowest BCUT2D eigenvalue weighted by Crippen LogP contribution is -2.24. The van der Waals surface area contributed by atoms with Crippen LogP contribution in [-0.2, 0) is 4.79 Å². The first-order chi connectivity index (χ1) is 11.6. The molecule has 0 aromatic heterocycles. The molecule has 2 atom stereocenters. The van der Waals surface area contributed by atoms with Gasteiger partial charge in [0.25, 0.3) is 0 Å². The highest BCUT2D eigenvalue weighted by molar-refractivity contribution is 6.30. The fraction of sp³-hybridized carbons (Fsp3) is 0.222. The van der Waals surface area contributed by atoms with E-state index in [4.69, 9.17) is 11.6 Å². The molecular weight excluding hydrogens is 326 g/mol. The number of urea groups is 1. The van der Waals surface area contributed by atoms with Gasteiger partial charge in [0.2, 0.25) is 5.91 Å². The van der Waals surface area contributed by atoms with Gasteiger partial charge in [0.1, 0.15) is 0 Å². The molecule has 24 heavy (non-hydrogen) atoms. The Kier molecular flexibility index (Phi) is 4.71. The van der Waals surface area contributed by atoms with Crippen LogP contribution in [0.1, 0.15) is 17.9 Å². The standard InChI is InChI=1S/C18H18ClN3O2/c1-20-18(24)22-14-4-2-3-13(9-14)21-17(23)16-10-15(16)11-5-7-12(19)8-6-11/h2-9,15-16H,10H2,1H3,(H,21,23)(H2,20,22,24)/t15-,16-/m1/s1. The van der Waals surface area contributed by atoms with Crippen LogP contribution in [0, 0.1) is 5.92 Å². The van der Waals surface area contributed by atoms with Gasteiger partial charge in [-0.2, -0.15) is 0 Å². The van der Waals surface area contributed by atoms with E-state index in [1.54, 1.807) is 31.3 Å². The summed E-state index contributed by atoms with van der Waals surface area (Å²) in [5.74, 6) is 0.211. The van der Waals surface area contributed by atoms with Gasteiger partial charge in [0.05, 0.1) is 0 Å². The molecule has 2 aromatic rings. The minimum Gasteiger partial charge on any atom is -0.341 e. The average Bonchev–Trinajstić information content (AvgIpc) is 3.36. The van der Waals surface area contributed by atoms with Crippen LogP contribution >= 0.6 is 11.6 Å². The molecule has 6 heteroatoms. The first kappa shape index (κ1) is 16.3. The number of halogens is 1. The minimum absolute atomic E-state index is 0.00737. The summed E-state index contributed by atoms with van der Waals surface area (Å²) in [6.07, 6.45) is 0.837. The predicted octanol–water partition coefficient (Wildman–Crippen LogP) is 3.83. The van der Waals surface area contributed by atoms with Crippen LogP contribution in [0.4, 0.5) is 16.2 Å². The van der Waals surface area contributed by atoms with Crippen LogP contribution in [0.2, 0.25) is 5.02 Å². The number of nitrogens with one attached hydrogen (secondary N) is 3. The van der Waals surface area contributed by atoms with Crippen LogP contribution in [0.5, 0.6) is 0 Å². The second kappa shape index (κ2) is 6.93. The van der Waals surface area contributed by atoms with Crippen molar-refractivity contribution in [2.45, 2.75) is 12.3 Å². The molecule has 1 fully saturated rings. The molecule has 0 bridgehead atoms. The summed E-state index contributed by atoms with van der Waals surface area (Å²) < 4.78 is 0. The first-order valence-electron chi connectivity index (χ1n) is 7.72. The van der Waals surface area contributed by atoms with Crippen molar-refractivity contribution in [1.82, 2.24) is 5.32 Å². The van der Waals surface area contributed by atoms with Crippen molar-refractivity contribution in [3.8, 4) is 0 Å². The zero-order valence-corrected chi connectivity index (χ0v) is 13.9. The van der Waals surface area contributed by atoms with Crippen molar-refractivity contribution in [3.05, 3.63) is 59.1 Å². The zero-order valence-electron chi connectivity index (χ0n) is 13.2. The van der Waals surface area contributed by atoms with E-state index in [0.717, 1.165) is 12.0 Å². The third kappa shape index (κ3) is 3.86. The molecule has 0 spiro atoms. The number of rotatable bonds is 4. The van der Waals surface area contributed by atoms with Gasteiger partial charge in [0, 0.05) is 29.4 Å². The maximum absolute atomic E-state index is 12.4. The molecule has 1 aliphatic rings. The lowest BCUT2D eigenvalue weighted by molar-refractivity contribution is -0.117. The molecular formula is C18H18ClN3O2. The van der Waals surface area contributed by atoms with Crippen molar-refractivity contribution in [2.75, 3.05) is 17.7 Å². The molecule has 0 unspecified atom stereocenters. The SMILES string of the molecule is CNC(=O)Nc1cccc(NC(=O)[C@@H]2C[C@@H]2c2ccc(Cl)cc2)c1. The molecule has 0 radical (unpaired) electrons. The minimum atomic E-state index is -0.302. The lowest BCUT2D eigenvalue weighted by Gasteiger charge is -2.08. The maximum Gasteiger partial charge on any atom is 0.318 e. The Labute approximate surface area is 145 Å². The van der Waals surface area contributed by atoms with Crippen molar-refractivity contribution in [3.63, 3.8) is 0 Å². The Balaban J connectivity index is 1.61. The number of amides is 3. The van der Waals surface area contributed by atoms with Gasteiger partial charge in [-0.3, -0.25) is 4.79 Å². The van der Waals surface area contributed by atoms with Gasteiger partial charge in [-0.1, -0.05) is 29.8 Å². The van der Waals surface area contributed by atoms with Crippen molar-refractivity contribution >= 4 is 34.9 Å². The summed E-state index contributed by atoms with van der Waals surface area (Å²) in [4.78, 5) is 23.7. The molecule has 1 aliphatic carbocycles. The fourth-order valence-corrected chi connectivity index (χ4v) is 2.79. The molecule has 5 nitrogen and oxygen atoms in total. The molecule has 3 N–H and O–H groups in total. The van der Waals surface area contributed by atoms with Crippen LogP contribution in [0.25, 0.3) is 0 Å². The molecule has 3 amide bonds. The number of carbonyl (C=O) groups is 2. The van der Waals surface area contributed by atoms with E-state index in [1.807, 2.05) is 24.3 Å². The largest absolute Gasteiger partial charge is 0.341 e. The van der Waals surface area contributed by atoms with Gasteiger partial charge in [-0.15, -0.1) is 0 Å². The number of hydrogen-bond acceptors (Lipinski definition) is 2. The van der Waals surface area contributed by atoms with E-state index in [2.05, 4.69) is 16.0 Å². The molecule has 3 rings (SSSR count). The van der Waals surface area contributed by atoms with Crippen LogP contribution in [-0.4, -0.2) is 19.0 Å². The van der Waals surface area contributed by atoms with Gasteiger partial charge in [-0.05, 0) is 48.2 Å². The van der Waals surface area contributed by atoms with E-state index in [1.165, 1.54) is 0 Å². The van der Waals surface area contributed by atoms with Crippen LogP contribution < -0.4 is 16.0 Å². The summed E-state index contributed by atoms with van der Waals surface area (Å²) >= 11 is 5.89. The number of benzene rings is 2. The Morgan fingerprint density at radius 3 is 2.38 bits per heavy atom. The summed E-state index contributed by atoms with van der Waals surface area (Å²) in [5.41, 5.74) is 2.42. The summed E-state index contributed by atoms with van der Waals surface area (Å²) in [6.45, 7) is 0. The summed E-state index contributed by atoms with van der Waals surface area (Å²) in [6, 6.07) is 14.4. The Bertz CT molecular complexity index is 761. The second-order valence-electron chi connectivity index (χ2n) is 5.77. The third-order valence-corrected chi connectivity index (χ3v) is 4.29.